The number of unbranched alkanes of at least 4 members (excludes halogenated alkanes) is 28. The lowest BCUT2D eigenvalue weighted by Gasteiger charge is -2.18. The zero-order chi connectivity index (χ0) is 57.1. The average Bonchev–Trinajstić information content (AvgIpc) is 3.45. The highest BCUT2D eigenvalue weighted by Gasteiger charge is 2.19. The van der Waals surface area contributed by atoms with Crippen LogP contribution in [0, 0.1) is 0 Å². The third kappa shape index (κ3) is 64.5. The number of carbonyl (C=O) groups is 3. The van der Waals surface area contributed by atoms with Gasteiger partial charge in [-0.2, -0.15) is 0 Å². The molecule has 0 aromatic rings. The van der Waals surface area contributed by atoms with Crippen LogP contribution >= 0.6 is 0 Å². The molecule has 0 bridgehead atoms. The summed E-state index contributed by atoms with van der Waals surface area (Å²) in [5.74, 6) is -0.959. The van der Waals surface area contributed by atoms with Gasteiger partial charge in [-0.25, -0.2) is 0 Å². The molecular weight excluding hydrogens is 973 g/mol. The lowest BCUT2D eigenvalue weighted by molar-refractivity contribution is -0.167. The van der Waals surface area contributed by atoms with E-state index in [1.165, 1.54) is 128 Å². The number of hydrogen-bond acceptors (Lipinski definition) is 6. The van der Waals surface area contributed by atoms with Crippen molar-refractivity contribution in [3.05, 3.63) is 122 Å². The van der Waals surface area contributed by atoms with Gasteiger partial charge in [-0.05, 0) is 128 Å². The van der Waals surface area contributed by atoms with Crippen molar-refractivity contribution in [2.75, 3.05) is 13.2 Å². The topological polar surface area (TPSA) is 78.9 Å². The van der Waals surface area contributed by atoms with Crippen LogP contribution < -0.4 is 0 Å². The van der Waals surface area contributed by atoms with E-state index in [9.17, 15) is 14.4 Å². The van der Waals surface area contributed by atoms with Gasteiger partial charge in [0.05, 0.1) is 0 Å². The van der Waals surface area contributed by atoms with E-state index in [0.717, 1.165) is 128 Å². The van der Waals surface area contributed by atoms with Gasteiger partial charge in [-0.1, -0.05) is 277 Å². The molecule has 0 radical (unpaired) electrons. The minimum Gasteiger partial charge on any atom is -0.462 e. The molecule has 0 saturated carbocycles. The van der Waals surface area contributed by atoms with Crippen molar-refractivity contribution >= 4 is 17.9 Å². The molecule has 6 nitrogen and oxygen atoms in total. The van der Waals surface area contributed by atoms with Crippen molar-refractivity contribution in [2.24, 2.45) is 0 Å². The summed E-state index contributed by atoms with van der Waals surface area (Å²) in [6, 6.07) is 0. The van der Waals surface area contributed by atoms with E-state index in [1.54, 1.807) is 0 Å². The van der Waals surface area contributed by atoms with Gasteiger partial charge >= 0.3 is 17.9 Å². The number of carbonyl (C=O) groups excluding carboxylic acids is 3. The number of ether oxygens (including phenoxy) is 3. The van der Waals surface area contributed by atoms with E-state index in [4.69, 9.17) is 14.2 Å². The van der Waals surface area contributed by atoms with Crippen LogP contribution in [0.2, 0.25) is 0 Å². The summed E-state index contributed by atoms with van der Waals surface area (Å²) in [7, 11) is 0. The van der Waals surface area contributed by atoms with Gasteiger partial charge in [0, 0.05) is 19.3 Å². The highest BCUT2D eigenvalue weighted by Crippen LogP contribution is 2.16. The van der Waals surface area contributed by atoms with Gasteiger partial charge in [-0.3, -0.25) is 14.4 Å². The molecule has 0 rings (SSSR count). The molecule has 0 aliphatic carbocycles. The number of allylic oxidation sites excluding steroid dienone is 20. The van der Waals surface area contributed by atoms with Gasteiger partial charge in [0.15, 0.2) is 6.10 Å². The van der Waals surface area contributed by atoms with Gasteiger partial charge in [0.25, 0.3) is 0 Å². The summed E-state index contributed by atoms with van der Waals surface area (Å²) >= 11 is 0. The second kappa shape index (κ2) is 66.3. The second-order valence-corrected chi connectivity index (χ2v) is 21.6. The zero-order valence-electron chi connectivity index (χ0n) is 51.6. The van der Waals surface area contributed by atoms with Crippen molar-refractivity contribution in [2.45, 2.75) is 309 Å². The van der Waals surface area contributed by atoms with Crippen LogP contribution in [0.25, 0.3) is 0 Å². The molecule has 79 heavy (non-hydrogen) atoms. The van der Waals surface area contributed by atoms with Crippen LogP contribution in [0.5, 0.6) is 0 Å². The monoisotopic (exact) mass is 1090 g/mol. The standard InChI is InChI=1S/C73H122O6/c1-4-7-10-13-16-19-22-25-28-30-32-34-35-36-37-39-40-42-45-48-51-54-57-60-63-66-72(75)78-69-70(68-77-71(74)65-62-59-56-53-50-47-44-27-24-21-18-15-12-9-6-3)79-73(76)67-64-61-58-55-52-49-46-43-41-38-33-31-29-26-23-20-17-14-11-8-5-2/h8-9,11-12,17-18,20-21,26-27,29-30,32-33,38,43-44,46,52,55,70H,4-7,10,13-16,19,22-25,28,31,34-37,39-42,45,47-51,53-54,56-69H2,1-3H3/b11-8-,12-9-,20-17-,21-18-,29-26-,32-30-,38-33-,44-27-,46-43-,55-52-. The summed E-state index contributed by atoms with van der Waals surface area (Å²) in [5.41, 5.74) is 0. The molecule has 1 unspecified atom stereocenters. The Balaban J connectivity index is 4.42. The highest BCUT2D eigenvalue weighted by atomic mass is 16.6. The van der Waals surface area contributed by atoms with Gasteiger partial charge in [0.1, 0.15) is 13.2 Å². The molecule has 0 aromatic heterocycles. The Morgan fingerprint density at radius 2 is 0.494 bits per heavy atom. The minimum absolute atomic E-state index is 0.103. The normalized spacial score (nSPS) is 12.9. The fourth-order valence-electron chi connectivity index (χ4n) is 9.04. The van der Waals surface area contributed by atoms with Crippen molar-refractivity contribution in [3.8, 4) is 0 Å². The average molecular weight is 1100 g/mol. The molecule has 1 atom stereocenters. The van der Waals surface area contributed by atoms with E-state index in [1.807, 2.05) is 0 Å². The van der Waals surface area contributed by atoms with Crippen LogP contribution in [-0.4, -0.2) is 37.2 Å². The summed E-state index contributed by atoms with van der Waals surface area (Å²) < 4.78 is 16.9. The third-order valence-electron chi connectivity index (χ3n) is 13.9. The maximum absolute atomic E-state index is 12.9. The number of esters is 3. The SMILES string of the molecule is CC/C=C\C/C=C\C/C=C\C/C=C\C/C=C\C/C=C\CCCCC(=O)OC(COC(=O)CCCCCCC/C=C\C/C=C\C/C=C\CC)COC(=O)CCCCCCCCCCCCCCC/C=C\CCCCCCCCCC. The maximum atomic E-state index is 12.9. The smallest absolute Gasteiger partial charge is 0.306 e. The van der Waals surface area contributed by atoms with Crippen molar-refractivity contribution in [1.82, 2.24) is 0 Å². The predicted octanol–water partition coefficient (Wildman–Crippen LogP) is 22.8. The van der Waals surface area contributed by atoms with E-state index < -0.39 is 6.10 Å². The third-order valence-corrected chi connectivity index (χ3v) is 13.9. The van der Waals surface area contributed by atoms with Crippen molar-refractivity contribution < 1.29 is 28.6 Å². The zero-order valence-corrected chi connectivity index (χ0v) is 51.6. The molecule has 6 heteroatoms. The van der Waals surface area contributed by atoms with Crippen LogP contribution in [0.3, 0.4) is 0 Å². The quantitative estimate of drug-likeness (QED) is 0.0261. The second-order valence-electron chi connectivity index (χ2n) is 21.6. The van der Waals surface area contributed by atoms with E-state index in [2.05, 4.69) is 142 Å². The minimum atomic E-state index is -0.813. The first-order valence-corrected chi connectivity index (χ1v) is 33.0. The van der Waals surface area contributed by atoms with Crippen molar-refractivity contribution in [3.63, 3.8) is 0 Å². The lowest BCUT2D eigenvalue weighted by Crippen LogP contribution is -2.30. The first kappa shape index (κ1) is 74.8. The molecule has 0 N–H and O–H groups in total. The highest BCUT2D eigenvalue weighted by molar-refractivity contribution is 5.71. The molecule has 0 fully saturated rings. The Hall–Kier alpha value is -4.19. The Kier molecular flexibility index (Phi) is 62.8. The summed E-state index contributed by atoms with van der Waals surface area (Å²) in [4.78, 5) is 38.4. The van der Waals surface area contributed by atoms with Crippen molar-refractivity contribution in [1.29, 1.82) is 0 Å². The van der Waals surface area contributed by atoms with E-state index >= 15 is 0 Å². The maximum Gasteiger partial charge on any atom is 0.306 e. The van der Waals surface area contributed by atoms with Gasteiger partial charge in [-0.15, -0.1) is 0 Å². The van der Waals surface area contributed by atoms with Crippen LogP contribution in [0.15, 0.2) is 122 Å². The molecule has 0 heterocycles. The molecule has 450 valence electrons. The molecular formula is C73H122O6. The van der Waals surface area contributed by atoms with E-state index in [-0.39, 0.29) is 37.5 Å². The Labute approximate surface area is 488 Å². The first-order chi connectivity index (χ1) is 39.0. The Morgan fingerprint density at radius 1 is 0.266 bits per heavy atom. The van der Waals surface area contributed by atoms with Crippen LogP contribution in [0.4, 0.5) is 0 Å². The fourth-order valence-corrected chi connectivity index (χ4v) is 9.04. The van der Waals surface area contributed by atoms with Crippen LogP contribution in [0.1, 0.15) is 303 Å². The molecule has 0 amide bonds. The summed E-state index contributed by atoms with van der Waals surface area (Å²) in [6.07, 6.45) is 92.2. The largest absolute Gasteiger partial charge is 0.462 e. The van der Waals surface area contributed by atoms with Crippen LogP contribution in [-0.2, 0) is 28.6 Å². The van der Waals surface area contributed by atoms with Gasteiger partial charge in [0.2, 0.25) is 0 Å². The Bertz CT molecular complexity index is 1640. The molecule has 0 aliphatic rings. The first-order valence-electron chi connectivity index (χ1n) is 33.0. The summed E-state index contributed by atoms with van der Waals surface area (Å²) in [6.45, 7) is 6.39. The molecule has 0 aromatic carbocycles. The number of hydrogen-bond donors (Lipinski definition) is 0. The molecule has 0 spiro atoms. The molecule has 0 saturated heterocycles. The summed E-state index contributed by atoms with van der Waals surface area (Å²) in [5, 5.41) is 0. The molecule has 0 aliphatic heterocycles. The lowest BCUT2D eigenvalue weighted by atomic mass is 10.0. The number of rotatable bonds is 59. The van der Waals surface area contributed by atoms with Gasteiger partial charge < -0.3 is 14.2 Å². The predicted molar refractivity (Wildman–Crippen MR) is 343 cm³/mol. The fraction of sp³-hybridized carbons (Fsp3) is 0.685. The Morgan fingerprint density at radius 3 is 0.810 bits per heavy atom. The van der Waals surface area contributed by atoms with E-state index in [0.29, 0.717) is 19.3 Å².